The number of rotatable bonds is 2. The van der Waals surface area contributed by atoms with E-state index >= 15 is 0 Å². The maximum absolute atomic E-state index is 13.2. The van der Waals surface area contributed by atoms with Crippen LogP contribution in [0.15, 0.2) is 60.2 Å². The lowest BCUT2D eigenvalue weighted by atomic mass is 9.87. The molecule has 0 N–H and O–H groups in total. The first-order valence-electron chi connectivity index (χ1n) is 6.28. The topological polar surface area (TPSA) is 34.1 Å². The lowest BCUT2D eigenvalue weighted by molar-refractivity contribution is 0.0982. The molecule has 3 heteroatoms. The van der Waals surface area contributed by atoms with Crippen molar-refractivity contribution in [2.45, 2.75) is 6.42 Å². The van der Waals surface area contributed by atoms with Crippen molar-refractivity contribution >= 4 is 11.6 Å². The molecule has 0 spiro atoms. The maximum atomic E-state index is 13.2. The molecule has 2 nitrogen and oxygen atoms in total. The molecule has 0 aliphatic heterocycles. The summed E-state index contributed by atoms with van der Waals surface area (Å²) >= 11 is 0. The SMILES string of the molecule is O=C1C=C(Cc2cccc(F)c2)C(=O)c2ccccc21. The van der Waals surface area contributed by atoms with Gasteiger partial charge in [-0.15, -0.1) is 0 Å². The molecule has 98 valence electrons. The molecule has 0 fully saturated rings. The van der Waals surface area contributed by atoms with Gasteiger partial charge in [0.05, 0.1) is 0 Å². The van der Waals surface area contributed by atoms with Crippen LogP contribution in [-0.2, 0) is 6.42 Å². The van der Waals surface area contributed by atoms with E-state index in [1.165, 1.54) is 18.2 Å². The lowest BCUT2D eigenvalue weighted by Crippen LogP contribution is -2.18. The first-order chi connectivity index (χ1) is 9.65. The van der Waals surface area contributed by atoms with Gasteiger partial charge in [0.15, 0.2) is 11.6 Å². The predicted molar refractivity (Wildman–Crippen MR) is 73.3 cm³/mol. The van der Waals surface area contributed by atoms with Crippen LogP contribution < -0.4 is 0 Å². The fourth-order valence-corrected chi connectivity index (χ4v) is 2.37. The summed E-state index contributed by atoms with van der Waals surface area (Å²) in [5.74, 6) is -0.686. The van der Waals surface area contributed by atoms with E-state index in [4.69, 9.17) is 0 Å². The van der Waals surface area contributed by atoms with Crippen molar-refractivity contribution in [2.75, 3.05) is 0 Å². The fraction of sp³-hybridized carbons (Fsp3) is 0.0588. The van der Waals surface area contributed by atoms with E-state index in [-0.39, 0.29) is 23.8 Å². The van der Waals surface area contributed by atoms with Crippen molar-refractivity contribution in [3.05, 3.63) is 82.7 Å². The summed E-state index contributed by atoms with van der Waals surface area (Å²) in [6, 6.07) is 12.8. The van der Waals surface area contributed by atoms with E-state index in [0.717, 1.165) is 0 Å². The Bertz CT molecular complexity index is 744. The van der Waals surface area contributed by atoms with E-state index < -0.39 is 0 Å². The third kappa shape index (κ3) is 2.18. The molecular formula is C17H11FO2. The van der Waals surface area contributed by atoms with Crippen molar-refractivity contribution in [3.8, 4) is 0 Å². The molecule has 0 amide bonds. The summed E-state index contributed by atoms with van der Waals surface area (Å²) in [5.41, 5.74) is 1.93. The van der Waals surface area contributed by atoms with Gasteiger partial charge in [-0.3, -0.25) is 9.59 Å². The van der Waals surface area contributed by atoms with Gasteiger partial charge in [0.2, 0.25) is 0 Å². The quantitative estimate of drug-likeness (QED) is 0.835. The van der Waals surface area contributed by atoms with Crippen LogP contribution in [0.2, 0.25) is 0 Å². The molecule has 0 aromatic heterocycles. The standard InChI is InChI=1S/C17H11FO2/c18-13-5-3-4-11(9-13)8-12-10-16(19)14-6-1-2-7-15(14)17(12)20/h1-7,9-10H,8H2. The highest BCUT2D eigenvalue weighted by atomic mass is 19.1. The summed E-state index contributed by atoms with van der Waals surface area (Å²) in [5, 5.41) is 0. The van der Waals surface area contributed by atoms with Gasteiger partial charge in [0.1, 0.15) is 5.82 Å². The van der Waals surface area contributed by atoms with Gasteiger partial charge in [-0.05, 0) is 23.8 Å². The molecule has 0 saturated heterocycles. The first kappa shape index (κ1) is 12.5. The summed E-state index contributed by atoms with van der Waals surface area (Å²) in [7, 11) is 0. The Labute approximate surface area is 115 Å². The Kier molecular flexibility index (Phi) is 3.03. The summed E-state index contributed by atoms with van der Waals surface area (Å²) in [6.45, 7) is 0. The normalized spacial score (nSPS) is 13.9. The Morgan fingerprint density at radius 1 is 0.900 bits per heavy atom. The Morgan fingerprint density at radius 3 is 2.40 bits per heavy atom. The molecule has 3 rings (SSSR count). The number of fused-ring (bicyclic) bond motifs is 1. The Balaban J connectivity index is 1.96. The first-order valence-corrected chi connectivity index (χ1v) is 6.28. The monoisotopic (exact) mass is 266 g/mol. The van der Waals surface area contributed by atoms with Crippen LogP contribution in [0.3, 0.4) is 0 Å². The van der Waals surface area contributed by atoms with E-state index in [2.05, 4.69) is 0 Å². The van der Waals surface area contributed by atoms with Crippen molar-refractivity contribution in [2.24, 2.45) is 0 Å². The highest BCUT2D eigenvalue weighted by molar-refractivity contribution is 6.24. The molecule has 2 aromatic carbocycles. The molecule has 0 bridgehead atoms. The minimum Gasteiger partial charge on any atom is -0.289 e. The predicted octanol–water partition coefficient (Wildman–Crippen LogP) is 3.37. The molecule has 1 aliphatic rings. The average molecular weight is 266 g/mol. The fourth-order valence-electron chi connectivity index (χ4n) is 2.37. The average Bonchev–Trinajstić information content (AvgIpc) is 2.45. The van der Waals surface area contributed by atoms with Crippen LogP contribution >= 0.6 is 0 Å². The zero-order valence-electron chi connectivity index (χ0n) is 10.6. The summed E-state index contributed by atoms with van der Waals surface area (Å²) < 4.78 is 13.2. The Hall–Kier alpha value is -2.55. The number of carbonyl (C=O) groups excluding carboxylic acids is 2. The van der Waals surface area contributed by atoms with E-state index in [0.29, 0.717) is 22.3 Å². The second kappa shape index (κ2) is 4.85. The smallest absolute Gasteiger partial charge is 0.190 e. The number of hydrogen-bond donors (Lipinski definition) is 0. The van der Waals surface area contributed by atoms with Crippen LogP contribution in [0.4, 0.5) is 4.39 Å². The van der Waals surface area contributed by atoms with Crippen molar-refractivity contribution in [3.63, 3.8) is 0 Å². The van der Waals surface area contributed by atoms with Gasteiger partial charge < -0.3 is 0 Å². The van der Waals surface area contributed by atoms with Crippen LogP contribution in [0.25, 0.3) is 0 Å². The van der Waals surface area contributed by atoms with Crippen LogP contribution in [0, 0.1) is 5.82 Å². The second-order valence-electron chi connectivity index (χ2n) is 4.72. The third-order valence-corrected chi connectivity index (χ3v) is 3.32. The summed E-state index contributed by atoms with van der Waals surface area (Å²) in [6.07, 6.45) is 1.62. The molecule has 20 heavy (non-hydrogen) atoms. The van der Waals surface area contributed by atoms with Gasteiger partial charge in [0.25, 0.3) is 0 Å². The third-order valence-electron chi connectivity index (χ3n) is 3.32. The molecule has 0 unspecified atom stereocenters. The van der Waals surface area contributed by atoms with E-state index in [1.54, 1.807) is 36.4 Å². The van der Waals surface area contributed by atoms with Crippen molar-refractivity contribution < 1.29 is 14.0 Å². The van der Waals surface area contributed by atoms with E-state index in [9.17, 15) is 14.0 Å². The van der Waals surface area contributed by atoms with Gasteiger partial charge in [-0.2, -0.15) is 0 Å². The van der Waals surface area contributed by atoms with Crippen molar-refractivity contribution in [1.82, 2.24) is 0 Å². The number of benzene rings is 2. The second-order valence-corrected chi connectivity index (χ2v) is 4.72. The number of Topliss-reactive ketones (excluding diaryl/α,β-unsaturated/α-hetero) is 1. The van der Waals surface area contributed by atoms with Crippen LogP contribution in [0.1, 0.15) is 26.3 Å². The van der Waals surface area contributed by atoms with Gasteiger partial charge in [-0.25, -0.2) is 4.39 Å². The minimum atomic E-state index is -0.349. The number of halogens is 1. The number of hydrogen-bond acceptors (Lipinski definition) is 2. The summed E-state index contributed by atoms with van der Waals surface area (Å²) in [4.78, 5) is 24.3. The minimum absolute atomic E-state index is 0.163. The van der Waals surface area contributed by atoms with Crippen LogP contribution in [0.5, 0.6) is 0 Å². The molecular weight excluding hydrogens is 255 g/mol. The van der Waals surface area contributed by atoms with Crippen LogP contribution in [-0.4, -0.2) is 11.6 Å². The number of allylic oxidation sites excluding steroid dienone is 2. The van der Waals surface area contributed by atoms with E-state index in [1.807, 2.05) is 0 Å². The molecule has 0 heterocycles. The molecule has 0 atom stereocenters. The van der Waals surface area contributed by atoms with Gasteiger partial charge >= 0.3 is 0 Å². The van der Waals surface area contributed by atoms with Gasteiger partial charge in [0, 0.05) is 23.1 Å². The lowest BCUT2D eigenvalue weighted by Gasteiger charge is -2.14. The zero-order valence-corrected chi connectivity index (χ0v) is 10.6. The largest absolute Gasteiger partial charge is 0.289 e. The zero-order chi connectivity index (χ0) is 14.1. The highest BCUT2D eigenvalue weighted by Crippen LogP contribution is 2.23. The maximum Gasteiger partial charge on any atom is 0.190 e. The molecule has 2 aromatic rings. The Morgan fingerprint density at radius 2 is 1.65 bits per heavy atom. The number of ketones is 2. The molecule has 1 aliphatic carbocycles. The highest BCUT2D eigenvalue weighted by Gasteiger charge is 2.24. The molecule has 0 radical (unpaired) electrons. The number of carbonyl (C=O) groups is 2. The van der Waals surface area contributed by atoms with Crippen molar-refractivity contribution in [1.29, 1.82) is 0 Å². The molecule has 0 saturated carbocycles. The van der Waals surface area contributed by atoms with Gasteiger partial charge in [-0.1, -0.05) is 36.4 Å².